The Morgan fingerprint density at radius 2 is 2.06 bits per heavy atom. The summed E-state index contributed by atoms with van der Waals surface area (Å²) in [7, 11) is 2.00. The first kappa shape index (κ1) is 15.1. The fraction of sp³-hybridized carbons (Fsp3) is 0.615. The van der Waals surface area contributed by atoms with Gasteiger partial charge in [-0.05, 0) is 51.4 Å². The van der Waals surface area contributed by atoms with Crippen LogP contribution in [0.25, 0.3) is 0 Å². The lowest BCUT2D eigenvalue weighted by molar-refractivity contribution is 0.494. The quantitative estimate of drug-likeness (QED) is 0.701. The highest BCUT2D eigenvalue weighted by molar-refractivity contribution is 9.11. The second-order valence-electron chi connectivity index (χ2n) is 4.21. The lowest BCUT2D eigenvalue weighted by atomic mass is 10.0. The number of nitrogens with zero attached hydrogens (tertiary/aromatic N) is 1. The Labute approximate surface area is 121 Å². The minimum Gasteiger partial charge on any atom is -0.312 e. The summed E-state index contributed by atoms with van der Waals surface area (Å²) in [6.45, 7) is 2.24. The van der Waals surface area contributed by atoms with Gasteiger partial charge in [0.1, 0.15) is 0 Å². The van der Waals surface area contributed by atoms with Crippen LogP contribution in [-0.2, 0) is 0 Å². The molecule has 1 atom stereocenters. The predicted octanol–water partition coefficient (Wildman–Crippen LogP) is 4.84. The van der Waals surface area contributed by atoms with Crippen LogP contribution in [0.3, 0.4) is 0 Å². The van der Waals surface area contributed by atoms with Gasteiger partial charge in [-0.1, -0.05) is 32.6 Å². The van der Waals surface area contributed by atoms with Crippen LogP contribution in [0.2, 0.25) is 0 Å². The predicted molar refractivity (Wildman–Crippen MR) is 80.2 cm³/mol. The molecule has 1 aromatic heterocycles. The zero-order valence-corrected chi connectivity index (χ0v) is 13.6. The van der Waals surface area contributed by atoms with Gasteiger partial charge in [0.05, 0.1) is 11.7 Å². The Morgan fingerprint density at radius 3 is 2.65 bits per heavy atom. The highest BCUT2D eigenvalue weighted by Gasteiger charge is 2.13. The summed E-state index contributed by atoms with van der Waals surface area (Å²) in [5.74, 6) is 0. The first-order valence-corrected chi connectivity index (χ1v) is 7.75. The fourth-order valence-electron chi connectivity index (χ4n) is 1.87. The monoisotopic (exact) mass is 362 g/mol. The third-order valence-electron chi connectivity index (χ3n) is 2.86. The molecule has 0 aromatic carbocycles. The molecule has 17 heavy (non-hydrogen) atoms. The van der Waals surface area contributed by atoms with Crippen molar-refractivity contribution in [2.45, 2.75) is 45.1 Å². The van der Waals surface area contributed by atoms with Crippen LogP contribution in [0.4, 0.5) is 0 Å². The van der Waals surface area contributed by atoms with E-state index in [-0.39, 0.29) is 0 Å². The Hall–Kier alpha value is 0.0700. The van der Waals surface area contributed by atoms with Crippen LogP contribution in [0.1, 0.15) is 50.8 Å². The molecule has 0 bridgehead atoms. The van der Waals surface area contributed by atoms with Crippen LogP contribution in [0.5, 0.6) is 0 Å². The van der Waals surface area contributed by atoms with Gasteiger partial charge in [0.25, 0.3) is 0 Å². The van der Waals surface area contributed by atoms with E-state index >= 15 is 0 Å². The SMILES string of the molecule is CCCCCCC(NC)c1ncc(Br)cc1Br. The molecule has 0 radical (unpaired) electrons. The molecule has 1 rings (SSSR count). The van der Waals surface area contributed by atoms with Gasteiger partial charge in [-0.15, -0.1) is 0 Å². The lowest BCUT2D eigenvalue weighted by Crippen LogP contribution is -2.18. The number of rotatable bonds is 7. The van der Waals surface area contributed by atoms with Gasteiger partial charge in [-0.25, -0.2) is 0 Å². The number of halogens is 2. The highest BCUT2D eigenvalue weighted by atomic mass is 79.9. The Balaban J connectivity index is 2.59. The molecule has 0 saturated carbocycles. The highest BCUT2D eigenvalue weighted by Crippen LogP contribution is 2.27. The summed E-state index contributed by atoms with van der Waals surface area (Å²) >= 11 is 7.01. The molecule has 0 amide bonds. The van der Waals surface area contributed by atoms with E-state index in [1.54, 1.807) is 0 Å². The molecular weight excluding hydrogens is 344 g/mol. The minimum atomic E-state index is 0.342. The average Bonchev–Trinajstić information content (AvgIpc) is 2.31. The third-order valence-corrected chi connectivity index (χ3v) is 3.93. The van der Waals surface area contributed by atoms with Gasteiger partial charge < -0.3 is 5.32 Å². The van der Waals surface area contributed by atoms with Crippen molar-refractivity contribution in [3.63, 3.8) is 0 Å². The topological polar surface area (TPSA) is 24.9 Å². The van der Waals surface area contributed by atoms with Gasteiger partial charge in [0.15, 0.2) is 0 Å². The van der Waals surface area contributed by atoms with E-state index in [4.69, 9.17) is 0 Å². The number of hydrogen-bond acceptors (Lipinski definition) is 2. The first-order valence-electron chi connectivity index (χ1n) is 6.17. The van der Waals surface area contributed by atoms with E-state index in [1.165, 1.54) is 25.7 Å². The standard InChI is InChI=1S/C13H20Br2N2/c1-3-4-5-6-7-12(16-2)13-11(15)8-10(14)9-17-13/h8-9,12,16H,3-7H2,1-2H3. The molecule has 1 unspecified atom stereocenters. The number of pyridine rings is 1. The third kappa shape index (κ3) is 5.06. The van der Waals surface area contributed by atoms with Crippen LogP contribution >= 0.6 is 31.9 Å². The summed E-state index contributed by atoms with van der Waals surface area (Å²) in [5, 5.41) is 3.35. The van der Waals surface area contributed by atoms with Crippen LogP contribution in [0.15, 0.2) is 21.2 Å². The second kappa shape index (κ2) is 8.22. The molecule has 0 aliphatic heterocycles. The van der Waals surface area contributed by atoms with Gasteiger partial charge in [0.2, 0.25) is 0 Å². The van der Waals surface area contributed by atoms with Crippen LogP contribution in [-0.4, -0.2) is 12.0 Å². The maximum atomic E-state index is 4.49. The zero-order valence-electron chi connectivity index (χ0n) is 10.5. The van der Waals surface area contributed by atoms with Crippen molar-refractivity contribution >= 4 is 31.9 Å². The summed E-state index contributed by atoms with van der Waals surface area (Å²) < 4.78 is 2.08. The number of aromatic nitrogens is 1. The molecular formula is C13H20Br2N2. The van der Waals surface area contributed by atoms with Gasteiger partial charge in [0, 0.05) is 15.1 Å². The Bertz CT molecular complexity index is 342. The molecule has 96 valence electrons. The smallest absolute Gasteiger partial charge is 0.0715 e. The number of hydrogen-bond donors (Lipinski definition) is 1. The van der Waals surface area contributed by atoms with Crippen molar-refractivity contribution < 1.29 is 0 Å². The number of unbranched alkanes of at least 4 members (excludes halogenated alkanes) is 3. The summed E-state index contributed by atoms with van der Waals surface area (Å²) in [4.78, 5) is 4.49. The molecule has 0 aliphatic carbocycles. The lowest BCUT2D eigenvalue weighted by Gasteiger charge is -2.17. The fourth-order valence-corrected chi connectivity index (χ4v) is 3.14. The van der Waals surface area contributed by atoms with Crippen molar-refractivity contribution in [3.05, 3.63) is 26.9 Å². The molecule has 1 heterocycles. The molecule has 2 nitrogen and oxygen atoms in total. The summed E-state index contributed by atoms with van der Waals surface area (Å²) in [6, 6.07) is 2.40. The maximum absolute atomic E-state index is 4.49. The summed E-state index contributed by atoms with van der Waals surface area (Å²) in [5.41, 5.74) is 1.10. The minimum absolute atomic E-state index is 0.342. The molecule has 1 N–H and O–H groups in total. The first-order chi connectivity index (χ1) is 8.19. The average molecular weight is 364 g/mol. The second-order valence-corrected chi connectivity index (χ2v) is 5.98. The van der Waals surface area contributed by atoms with Crippen molar-refractivity contribution in [1.29, 1.82) is 0 Å². The van der Waals surface area contributed by atoms with Crippen molar-refractivity contribution in [1.82, 2.24) is 10.3 Å². The Kier molecular flexibility index (Phi) is 7.32. The van der Waals surface area contributed by atoms with Crippen molar-refractivity contribution in [2.75, 3.05) is 7.05 Å². The Morgan fingerprint density at radius 1 is 1.29 bits per heavy atom. The van der Waals surface area contributed by atoms with Crippen molar-refractivity contribution in [2.24, 2.45) is 0 Å². The molecule has 0 saturated heterocycles. The molecule has 0 fully saturated rings. The molecule has 0 aliphatic rings. The normalized spacial score (nSPS) is 12.7. The van der Waals surface area contributed by atoms with Crippen molar-refractivity contribution in [3.8, 4) is 0 Å². The van der Waals surface area contributed by atoms with E-state index in [0.29, 0.717) is 6.04 Å². The van der Waals surface area contributed by atoms with E-state index in [9.17, 15) is 0 Å². The number of nitrogens with one attached hydrogen (secondary N) is 1. The van der Waals surface area contributed by atoms with Crippen LogP contribution < -0.4 is 5.32 Å². The van der Waals surface area contributed by atoms with E-state index in [2.05, 4.69) is 55.2 Å². The van der Waals surface area contributed by atoms with Gasteiger partial charge >= 0.3 is 0 Å². The zero-order chi connectivity index (χ0) is 12.7. The van der Waals surface area contributed by atoms with E-state index in [1.807, 2.05) is 13.2 Å². The largest absolute Gasteiger partial charge is 0.312 e. The molecule has 4 heteroatoms. The van der Waals surface area contributed by atoms with E-state index < -0.39 is 0 Å². The van der Waals surface area contributed by atoms with Crippen LogP contribution in [0, 0.1) is 0 Å². The maximum Gasteiger partial charge on any atom is 0.0715 e. The van der Waals surface area contributed by atoms with Gasteiger partial charge in [-0.3, -0.25) is 4.98 Å². The summed E-state index contributed by atoms with van der Waals surface area (Å²) in [6.07, 6.45) is 8.17. The molecule has 0 spiro atoms. The van der Waals surface area contributed by atoms with E-state index in [0.717, 1.165) is 21.1 Å². The molecule has 1 aromatic rings. The van der Waals surface area contributed by atoms with Gasteiger partial charge in [-0.2, -0.15) is 0 Å².